The lowest BCUT2D eigenvalue weighted by molar-refractivity contribution is 0.0630. The van der Waals surface area contributed by atoms with Gasteiger partial charge in [-0.2, -0.15) is 0 Å². The molecule has 2 atom stereocenters. The van der Waals surface area contributed by atoms with Crippen molar-refractivity contribution >= 4 is 22.6 Å². The topological polar surface area (TPSA) is 72.1 Å². The summed E-state index contributed by atoms with van der Waals surface area (Å²) in [5.74, 6) is 0.247. The van der Waals surface area contributed by atoms with Gasteiger partial charge in [-0.3, -0.25) is 4.79 Å². The number of fused-ring (bicyclic) bond motifs is 1. The third-order valence-corrected chi connectivity index (χ3v) is 5.92. The van der Waals surface area contributed by atoms with E-state index in [4.69, 9.17) is 26.9 Å². The van der Waals surface area contributed by atoms with E-state index in [2.05, 4.69) is 0 Å². The van der Waals surface area contributed by atoms with Gasteiger partial charge in [0.25, 0.3) is 0 Å². The highest BCUT2D eigenvalue weighted by Crippen LogP contribution is 2.43. The number of likely N-dealkylation sites (tertiary alicyclic amines) is 1. The predicted molar refractivity (Wildman–Crippen MR) is 117 cm³/mol. The Hall–Kier alpha value is -2.54. The molecule has 0 bridgehead atoms. The smallest absolute Gasteiger partial charge is 0.197 e. The van der Waals surface area contributed by atoms with E-state index < -0.39 is 6.10 Å². The first-order chi connectivity index (χ1) is 14.9. The second kappa shape index (κ2) is 8.30. The summed E-state index contributed by atoms with van der Waals surface area (Å²) in [5, 5.41) is 11.5. The first-order valence-corrected chi connectivity index (χ1v) is 10.1. The van der Waals surface area contributed by atoms with Crippen LogP contribution in [0.2, 0.25) is 5.02 Å². The number of halogens is 1. The van der Waals surface area contributed by atoms with Crippen LogP contribution in [0.4, 0.5) is 0 Å². The van der Waals surface area contributed by atoms with Gasteiger partial charge in [0.05, 0.1) is 26.7 Å². The maximum Gasteiger partial charge on any atom is 0.197 e. The highest BCUT2D eigenvalue weighted by Gasteiger charge is 2.33. The SMILES string of the molecule is [2H]c1c(OC)c(C2CCN(C)CC2O)c2oc(-c3ccccc3Cl)cc(=O)c2c1OC. The average molecular weight is 431 g/mol. The standard InChI is InChI=1S/C23H24ClNO5/c1-25-9-8-14(17(27)12-25)21-19(28-2)11-20(29-3)22-16(26)10-18(30-23(21)22)13-6-4-5-7-15(13)24/h4-7,10-11,14,17,27H,8-9,12H2,1-3H3/i11D. The van der Waals surface area contributed by atoms with Gasteiger partial charge in [-0.05, 0) is 32.1 Å². The van der Waals surface area contributed by atoms with Crippen molar-refractivity contribution in [2.24, 2.45) is 0 Å². The van der Waals surface area contributed by atoms with Crippen LogP contribution in [-0.4, -0.2) is 50.5 Å². The lowest BCUT2D eigenvalue weighted by Gasteiger charge is -2.34. The Labute approximate surface area is 181 Å². The Morgan fingerprint density at radius 2 is 2.00 bits per heavy atom. The van der Waals surface area contributed by atoms with Crippen LogP contribution in [0.3, 0.4) is 0 Å². The van der Waals surface area contributed by atoms with Gasteiger partial charge in [-0.15, -0.1) is 0 Å². The number of β-amino-alcohol motifs (C(OH)–C–C–N with tert-alkyl or cyclic N) is 1. The van der Waals surface area contributed by atoms with Gasteiger partial charge in [0, 0.05) is 35.7 Å². The molecule has 158 valence electrons. The third kappa shape index (κ3) is 3.55. The average Bonchev–Trinajstić information content (AvgIpc) is 2.74. The highest BCUT2D eigenvalue weighted by atomic mass is 35.5. The minimum Gasteiger partial charge on any atom is -0.496 e. The Balaban J connectivity index is 2.09. The van der Waals surface area contributed by atoms with Gasteiger partial charge in [0.2, 0.25) is 0 Å². The van der Waals surface area contributed by atoms with Crippen molar-refractivity contribution in [1.82, 2.24) is 4.90 Å². The van der Waals surface area contributed by atoms with Crippen molar-refractivity contribution in [2.45, 2.75) is 18.4 Å². The molecule has 2 aromatic carbocycles. The number of nitrogens with zero attached hydrogens (tertiary/aromatic N) is 1. The monoisotopic (exact) mass is 430 g/mol. The Kier molecular flexibility index (Phi) is 5.37. The normalized spacial score (nSPS) is 20.2. The number of aliphatic hydroxyl groups is 1. The molecular weight excluding hydrogens is 406 g/mol. The molecule has 7 heteroatoms. The Morgan fingerprint density at radius 3 is 2.67 bits per heavy atom. The zero-order valence-electron chi connectivity index (χ0n) is 18.1. The van der Waals surface area contributed by atoms with Gasteiger partial charge in [-0.25, -0.2) is 0 Å². The van der Waals surface area contributed by atoms with Crippen molar-refractivity contribution in [3.63, 3.8) is 0 Å². The lowest BCUT2D eigenvalue weighted by Crippen LogP contribution is -2.40. The number of benzene rings is 2. The molecule has 0 saturated carbocycles. The van der Waals surface area contributed by atoms with E-state index in [1.807, 2.05) is 11.9 Å². The fourth-order valence-electron chi connectivity index (χ4n) is 4.11. The summed E-state index contributed by atoms with van der Waals surface area (Å²) in [6, 6.07) is 8.40. The molecule has 3 aromatic rings. The molecule has 1 fully saturated rings. The van der Waals surface area contributed by atoms with Crippen molar-refractivity contribution in [2.75, 3.05) is 34.4 Å². The summed E-state index contributed by atoms with van der Waals surface area (Å²) in [6.07, 6.45) is -0.0903. The van der Waals surface area contributed by atoms with Crippen molar-refractivity contribution in [3.8, 4) is 22.8 Å². The third-order valence-electron chi connectivity index (χ3n) is 5.59. The quantitative estimate of drug-likeness (QED) is 0.676. The summed E-state index contributed by atoms with van der Waals surface area (Å²) < 4.78 is 25.9. The molecule has 30 heavy (non-hydrogen) atoms. The summed E-state index contributed by atoms with van der Waals surface area (Å²) >= 11 is 6.35. The number of rotatable bonds is 4. The summed E-state index contributed by atoms with van der Waals surface area (Å²) in [6.45, 7) is 1.21. The van der Waals surface area contributed by atoms with Gasteiger partial charge in [0.15, 0.2) is 5.43 Å². The van der Waals surface area contributed by atoms with Gasteiger partial charge in [0.1, 0.15) is 28.2 Å². The molecule has 0 amide bonds. The number of methoxy groups -OCH3 is 2. The zero-order chi connectivity index (χ0) is 22.3. The van der Waals surface area contributed by atoms with Crippen LogP contribution in [0.1, 0.15) is 19.3 Å². The van der Waals surface area contributed by atoms with Crippen LogP contribution in [0.25, 0.3) is 22.3 Å². The fourth-order valence-corrected chi connectivity index (χ4v) is 4.33. The molecule has 0 radical (unpaired) electrons. The highest BCUT2D eigenvalue weighted by molar-refractivity contribution is 6.33. The predicted octanol–water partition coefficient (Wildman–Crippen LogP) is 3.91. The number of hydrogen-bond acceptors (Lipinski definition) is 6. The van der Waals surface area contributed by atoms with E-state index >= 15 is 0 Å². The molecule has 1 saturated heterocycles. The van der Waals surface area contributed by atoms with E-state index in [0.29, 0.717) is 34.9 Å². The molecule has 6 nitrogen and oxygen atoms in total. The molecule has 4 rings (SSSR count). The number of piperidine rings is 1. The minimum absolute atomic E-state index is 0.0450. The van der Waals surface area contributed by atoms with Gasteiger partial charge < -0.3 is 23.9 Å². The number of aliphatic hydroxyl groups excluding tert-OH is 1. The van der Waals surface area contributed by atoms with Crippen LogP contribution in [-0.2, 0) is 0 Å². The van der Waals surface area contributed by atoms with Crippen molar-refractivity contribution in [3.05, 3.63) is 57.2 Å². The molecule has 2 heterocycles. The number of ether oxygens (including phenoxy) is 2. The van der Waals surface area contributed by atoms with E-state index in [9.17, 15) is 9.90 Å². The molecule has 0 spiro atoms. The molecule has 0 aliphatic carbocycles. The second-order valence-electron chi connectivity index (χ2n) is 7.49. The van der Waals surface area contributed by atoms with Crippen LogP contribution < -0.4 is 14.9 Å². The number of likely N-dealkylation sites (N-methyl/N-ethyl adjacent to an activating group) is 1. The summed E-state index contributed by atoms with van der Waals surface area (Å²) in [5.41, 5.74) is 0.981. The van der Waals surface area contributed by atoms with Crippen LogP contribution in [0.15, 0.2) is 45.6 Å². The van der Waals surface area contributed by atoms with Gasteiger partial charge >= 0.3 is 0 Å². The molecule has 2 unspecified atom stereocenters. The van der Waals surface area contributed by atoms with Crippen LogP contribution >= 0.6 is 11.6 Å². The Bertz CT molecular complexity index is 1190. The van der Waals surface area contributed by atoms with E-state index in [1.54, 1.807) is 24.3 Å². The summed E-state index contributed by atoms with van der Waals surface area (Å²) in [7, 11) is 4.80. The first-order valence-electron chi connectivity index (χ1n) is 10.2. The second-order valence-corrected chi connectivity index (χ2v) is 7.90. The molecule has 1 N–H and O–H groups in total. The molecule has 1 aliphatic heterocycles. The van der Waals surface area contributed by atoms with Crippen molar-refractivity contribution in [1.29, 1.82) is 0 Å². The van der Waals surface area contributed by atoms with Crippen LogP contribution in [0, 0.1) is 0 Å². The van der Waals surface area contributed by atoms with E-state index in [0.717, 1.165) is 6.54 Å². The van der Waals surface area contributed by atoms with E-state index in [1.165, 1.54) is 20.3 Å². The maximum absolute atomic E-state index is 13.2. The maximum atomic E-state index is 13.2. The first kappa shape index (κ1) is 19.4. The van der Waals surface area contributed by atoms with Crippen molar-refractivity contribution < 1.29 is 20.4 Å². The van der Waals surface area contributed by atoms with Crippen LogP contribution in [0.5, 0.6) is 11.5 Å². The molecule has 1 aromatic heterocycles. The van der Waals surface area contributed by atoms with Gasteiger partial charge in [-0.1, -0.05) is 23.7 Å². The largest absolute Gasteiger partial charge is 0.496 e. The molecule has 1 aliphatic rings. The van der Waals surface area contributed by atoms with E-state index in [-0.39, 0.29) is 39.9 Å². The lowest BCUT2D eigenvalue weighted by atomic mass is 9.85. The number of hydrogen-bond donors (Lipinski definition) is 1. The fraction of sp³-hybridized carbons (Fsp3) is 0.348. The Morgan fingerprint density at radius 1 is 1.27 bits per heavy atom. The zero-order valence-corrected chi connectivity index (χ0v) is 17.8. The minimum atomic E-state index is -0.710. The molecular formula is C23H24ClNO5. The summed E-state index contributed by atoms with van der Waals surface area (Å²) in [4.78, 5) is 15.2.